The third kappa shape index (κ3) is 3.59. The van der Waals surface area contributed by atoms with Crippen molar-refractivity contribution in [2.75, 3.05) is 6.54 Å². The van der Waals surface area contributed by atoms with Gasteiger partial charge < -0.3 is 16.0 Å². The van der Waals surface area contributed by atoms with Gasteiger partial charge in [0.15, 0.2) is 0 Å². The van der Waals surface area contributed by atoms with Crippen LogP contribution in [0.4, 0.5) is 0 Å². The zero-order valence-electron chi connectivity index (χ0n) is 12.5. The molecule has 22 heavy (non-hydrogen) atoms. The van der Waals surface area contributed by atoms with E-state index >= 15 is 0 Å². The number of nitrogens with zero attached hydrogens (tertiary/aromatic N) is 1. The zero-order valence-corrected chi connectivity index (χ0v) is 13.3. The Bertz CT molecular complexity index is 543. The fourth-order valence-electron chi connectivity index (χ4n) is 2.76. The van der Waals surface area contributed by atoms with Gasteiger partial charge in [0, 0.05) is 24.7 Å². The number of nitrogens with two attached hydrogens (primary N) is 1. The Hall–Kier alpha value is -1.59. The fraction of sp³-hybridized carbons (Fsp3) is 0.500. The molecule has 0 aromatic heterocycles. The topological polar surface area (TPSA) is 75.4 Å². The SMILES string of the molecule is Cl.NCc1ccc(C(=O)N2CCCC2C(=O)NC2CC2)cc1. The molecule has 1 aromatic carbocycles. The van der Waals surface area contributed by atoms with Gasteiger partial charge in [-0.1, -0.05) is 12.1 Å². The summed E-state index contributed by atoms with van der Waals surface area (Å²) in [6.45, 7) is 1.12. The number of rotatable bonds is 4. The van der Waals surface area contributed by atoms with E-state index in [0.717, 1.165) is 31.2 Å². The van der Waals surface area contributed by atoms with Gasteiger partial charge in [-0.05, 0) is 43.4 Å². The van der Waals surface area contributed by atoms with Crippen molar-refractivity contribution in [3.8, 4) is 0 Å². The molecule has 3 N–H and O–H groups in total. The van der Waals surface area contributed by atoms with E-state index in [1.165, 1.54) is 0 Å². The summed E-state index contributed by atoms with van der Waals surface area (Å²) >= 11 is 0. The van der Waals surface area contributed by atoms with Crippen molar-refractivity contribution in [2.45, 2.75) is 44.3 Å². The molecule has 1 unspecified atom stereocenters. The normalized spacial score (nSPS) is 20.4. The fourth-order valence-corrected chi connectivity index (χ4v) is 2.76. The van der Waals surface area contributed by atoms with Gasteiger partial charge in [0.25, 0.3) is 5.91 Å². The first-order valence-corrected chi connectivity index (χ1v) is 7.59. The average Bonchev–Trinajstić information content (AvgIpc) is 3.18. The Kier molecular flexibility index (Phi) is 5.42. The maximum absolute atomic E-state index is 12.6. The van der Waals surface area contributed by atoms with E-state index in [2.05, 4.69) is 5.32 Å². The Morgan fingerprint density at radius 3 is 2.45 bits per heavy atom. The number of amides is 2. The smallest absolute Gasteiger partial charge is 0.254 e. The Morgan fingerprint density at radius 1 is 1.18 bits per heavy atom. The van der Waals surface area contributed by atoms with Crippen molar-refractivity contribution in [1.82, 2.24) is 10.2 Å². The van der Waals surface area contributed by atoms with Crippen LogP contribution in [-0.4, -0.2) is 35.3 Å². The van der Waals surface area contributed by atoms with Crippen LogP contribution in [-0.2, 0) is 11.3 Å². The van der Waals surface area contributed by atoms with Gasteiger partial charge >= 0.3 is 0 Å². The maximum atomic E-state index is 12.6. The molecule has 2 fully saturated rings. The van der Waals surface area contributed by atoms with E-state index < -0.39 is 0 Å². The van der Waals surface area contributed by atoms with Gasteiger partial charge in [-0.15, -0.1) is 12.4 Å². The zero-order chi connectivity index (χ0) is 14.8. The third-order valence-corrected chi connectivity index (χ3v) is 4.18. The summed E-state index contributed by atoms with van der Waals surface area (Å²) in [7, 11) is 0. The highest BCUT2D eigenvalue weighted by molar-refractivity contribution is 5.98. The standard InChI is InChI=1S/C16H21N3O2.ClH/c17-10-11-3-5-12(6-4-11)16(21)19-9-1-2-14(19)15(20)18-13-7-8-13;/h3-6,13-14H,1-2,7-10,17H2,(H,18,20);1H. The Balaban J connectivity index is 0.00000176. The summed E-state index contributed by atoms with van der Waals surface area (Å²) in [5.74, 6) is -0.0612. The lowest BCUT2D eigenvalue weighted by atomic mass is 10.1. The number of carbonyl (C=O) groups excluding carboxylic acids is 2. The lowest BCUT2D eigenvalue weighted by Crippen LogP contribution is -2.46. The lowest BCUT2D eigenvalue weighted by Gasteiger charge is -2.24. The number of hydrogen-bond donors (Lipinski definition) is 2. The van der Waals surface area contributed by atoms with Crippen molar-refractivity contribution in [3.63, 3.8) is 0 Å². The number of carbonyl (C=O) groups is 2. The molecule has 0 spiro atoms. The van der Waals surface area contributed by atoms with Crippen molar-refractivity contribution in [2.24, 2.45) is 5.73 Å². The molecule has 0 radical (unpaired) electrons. The van der Waals surface area contributed by atoms with Crippen molar-refractivity contribution in [1.29, 1.82) is 0 Å². The number of nitrogens with one attached hydrogen (secondary N) is 1. The summed E-state index contributed by atoms with van der Waals surface area (Å²) in [5.41, 5.74) is 7.18. The monoisotopic (exact) mass is 323 g/mol. The van der Waals surface area contributed by atoms with Crippen LogP contribution in [0, 0.1) is 0 Å². The summed E-state index contributed by atoms with van der Waals surface area (Å²) in [6.07, 6.45) is 3.76. The molecule has 1 saturated heterocycles. The number of halogens is 1. The molecule has 1 aromatic rings. The van der Waals surface area contributed by atoms with Crippen molar-refractivity contribution < 1.29 is 9.59 Å². The summed E-state index contributed by atoms with van der Waals surface area (Å²) in [6, 6.07) is 7.33. The first-order chi connectivity index (χ1) is 10.2. The minimum Gasteiger partial charge on any atom is -0.352 e. The highest BCUT2D eigenvalue weighted by Crippen LogP contribution is 2.23. The molecular formula is C16H22ClN3O2. The summed E-state index contributed by atoms with van der Waals surface area (Å²) < 4.78 is 0. The van der Waals surface area contributed by atoms with Crippen molar-refractivity contribution >= 4 is 24.2 Å². The highest BCUT2D eigenvalue weighted by atomic mass is 35.5. The quantitative estimate of drug-likeness (QED) is 0.880. The minimum absolute atomic E-state index is 0. The van der Waals surface area contributed by atoms with Crippen LogP contribution in [0.2, 0.25) is 0 Å². The molecule has 1 aliphatic heterocycles. The second-order valence-electron chi connectivity index (χ2n) is 5.84. The number of likely N-dealkylation sites (tertiary alicyclic amines) is 1. The first kappa shape index (κ1) is 16.8. The maximum Gasteiger partial charge on any atom is 0.254 e. The van der Waals surface area contributed by atoms with Crippen LogP contribution in [0.3, 0.4) is 0 Å². The number of hydrogen-bond acceptors (Lipinski definition) is 3. The molecule has 2 amide bonds. The van der Waals surface area contributed by atoms with Gasteiger partial charge in [-0.2, -0.15) is 0 Å². The summed E-state index contributed by atoms with van der Waals surface area (Å²) in [4.78, 5) is 26.5. The molecule has 6 heteroatoms. The van der Waals surface area contributed by atoms with Gasteiger partial charge in [0.05, 0.1) is 0 Å². The lowest BCUT2D eigenvalue weighted by molar-refractivity contribution is -0.125. The molecule has 1 heterocycles. The molecule has 1 aliphatic carbocycles. The Labute approximate surface area is 136 Å². The van der Waals surface area contributed by atoms with Crippen LogP contribution in [0.1, 0.15) is 41.6 Å². The van der Waals surface area contributed by atoms with E-state index in [1.807, 2.05) is 12.1 Å². The average molecular weight is 324 g/mol. The third-order valence-electron chi connectivity index (χ3n) is 4.18. The van der Waals surface area contributed by atoms with Crippen LogP contribution < -0.4 is 11.1 Å². The first-order valence-electron chi connectivity index (χ1n) is 7.59. The highest BCUT2D eigenvalue weighted by Gasteiger charge is 2.36. The Morgan fingerprint density at radius 2 is 1.86 bits per heavy atom. The minimum atomic E-state index is -0.313. The largest absolute Gasteiger partial charge is 0.352 e. The molecular weight excluding hydrogens is 302 g/mol. The molecule has 3 rings (SSSR count). The molecule has 5 nitrogen and oxygen atoms in total. The van der Waals surface area contributed by atoms with Gasteiger partial charge in [-0.3, -0.25) is 9.59 Å². The molecule has 1 saturated carbocycles. The van der Waals surface area contributed by atoms with E-state index in [1.54, 1.807) is 17.0 Å². The van der Waals surface area contributed by atoms with Crippen LogP contribution >= 0.6 is 12.4 Å². The molecule has 120 valence electrons. The van der Waals surface area contributed by atoms with E-state index in [0.29, 0.717) is 24.7 Å². The molecule has 1 atom stereocenters. The van der Waals surface area contributed by atoms with Gasteiger partial charge in [-0.25, -0.2) is 0 Å². The van der Waals surface area contributed by atoms with Crippen LogP contribution in [0.25, 0.3) is 0 Å². The van der Waals surface area contributed by atoms with Crippen LogP contribution in [0.15, 0.2) is 24.3 Å². The second kappa shape index (κ2) is 7.11. The van der Waals surface area contributed by atoms with E-state index in [-0.39, 0.29) is 30.3 Å². The van der Waals surface area contributed by atoms with Crippen molar-refractivity contribution in [3.05, 3.63) is 35.4 Å². The van der Waals surface area contributed by atoms with E-state index in [4.69, 9.17) is 5.73 Å². The predicted octanol–water partition coefficient (Wildman–Crippen LogP) is 1.45. The predicted molar refractivity (Wildman–Crippen MR) is 86.8 cm³/mol. The summed E-state index contributed by atoms with van der Waals surface area (Å²) in [5, 5.41) is 3.00. The second-order valence-corrected chi connectivity index (χ2v) is 5.84. The molecule has 2 aliphatic rings. The van der Waals surface area contributed by atoms with Gasteiger partial charge in [0.1, 0.15) is 6.04 Å². The van der Waals surface area contributed by atoms with Crippen LogP contribution in [0.5, 0.6) is 0 Å². The van der Waals surface area contributed by atoms with E-state index in [9.17, 15) is 9.59 Å². The molecule has 0 bridgehead atoms. The number of benzene rings is 1. The van der Waals surface area contributed by atoms with Gasteiger partial charge in [0.2, 0.25) is 5.91 Å².